The van der Waals surface area contributed by atoms with Gasteiger partial charge in [0.1, 0.15) is 34.7 Å². The van der Waals surface area contributed by atoms with E-state index < -0.39 is 0 Å². The monoisotopic (exact) mass is 402 g/mol. The minimum atomic E-state index is -0.0625. The largest absolute Gasteiger partial charge is 3.00 e. The molecule has 0 aromatic rings. The van der Waals surface area contributed by atoms with Crippen LogP contribution in [0.5, 0.6) is 0 Å². The first kappa shape index (κ1) is 28.8. The molecule has 0 aliphatic carbocycles. The van der Waals surface area contributed by atoms with Gasteiger partial charge < -0.3 is 0 Å². The summed E-state index contributed by atoms with van der Waals surface area (Å²) in [6.07, 6.45) is 0.250. The first-order valence-electron chi connectivity index (χ1n) is 6.35. The van der Waals surface area contributed by atoms with Gasteiger partial charge in [-0.05, 0) is 41.5 Å². The number of Topliss-reactive ketones (excluding diaryl/α,β-unsaturated/α-hetero) is 6. The van der Waals surface area contributed by atoms with Gasteiger partial charge in [0.2, 0.25) is 0 Å². The van der Waals surface area contributed by atoms with Gasteiger partial charge in [0.05, 0.1) is 19.3 Å². The smallest absolute Gasteiger partial charge is 0.300 e. The van der Waals surface area contributed by atoms with E-state index in [1.165, 1.54) is 41.5 Å². The van der Waals surface area contributed by atoms with Crippen LogP contribution in [0.1, 0.15) is 60.8 Å². The van der Waals surface area contributed by atoms with Crippen molar-refractivity contribution in [3.63, 3.8) is 0 Å². The number of carbonyl (C=O) groups excluding carboxylic acids is 6. The van der Waals surface area contributed by atoms with E-state index >= 15 is 0 Å². The minimum Gasteiger partial charge on any atom is -0.300 e. The van der Waals surface area contributed by atoms with Crippen molar-refractivity contribution in [2.24, 2.45) is 0 Å². The average Bonchev–Trinajstić information content (AvgIpc) is 2.10. The van der Waals surface area contributed by atoms with Crippen LogP contribution in [0.2, 0.25) is 0 Å². The predicted molar refractivity (Wildman–Crippen MR) is 77.9 cm³/mol. The van der Waals surface area contributed by atoms with Gasteiger partial charge in [0, 0.05) is 0 Å². The van der Waals surface area contributed by atoms with Crippen molar-refractivity contribution in [1.29, 1.82) is 0 Å². The van der Waals surface area contributed by atoms with Gasteiger partial charge >= 0.3 is 19.5 Å². The number of ketones is 6. The molecule has 22 heavy (non-hydrogen) atoms. The minimum absolute atomic E-state index is 0. The zero-order valence-electron chi connectivity index (χ0n) is 13.9. The van der Waals surface area contributed by atoms with E-state index in [9.17, 15) is 28.8 Å². The first-order chi connectivity index (χ1) is 9.38. The molecule has 0 aliphatic heterocycles. The molecule has 0 heterocycles. The Balaban J connectivity index is -0.000000108. The molecule has 0 unspecified atom stereocenters. The van der Waals surface area contributed by atoms with Gasteiger partial charge in [-0.3, -0.25) is 28.8 Å². The topological polar surface area (TPSA) is 102 Å². The molecule has 0 bridgehead atoms. The van der Waals surface area contributed by atoms with Crippen molar-refractivity contribution in [3.8, 4) is 0 Å². The molecule has 0 spiro atoms. The maximum atomic E-state index is 10.0. The zero-order valence-corrected chi connectivity index (χ0v) is 15.7. The summed E-state index contributed by atoms with van der Waals surface area (Å²) in [5.41, 5.74) is 0. The second-order valence-corrected chi connectivity index (χ2v) is 4.74. The zero-order chi connectivity index (χ0) is 17.6. The van der Waals surface area contributed by atoms with Gasteiger partial charge in [0.15, 0.2) is 0 Å². The van der Waals surface area contributed by atoms with Gasteiger partial charge in [-0.2, -0.15) is 0 Å². The third-order valence-corrected chi connectivity index (χ3v) is 1.49. The second kappa shape index (κ2) is 17.7. The van der Waals surface area contributed by atoms with Gasteiger partial charge in [0.25, 0.3) is 0 Å². The molecule has 0 rings (SSSR count). The number of rotatable bonds is 6. The summed E-state index contributed by atoms with van der Waals surface area (Å²) in [6.45, 7) is 8.42. The molecule has 0 N–H and O–H groups in total. The van der Waals surface area contributed by atoms with Crippen LogP contribution in [-0.4, -0.2) is 34.7 Å². The molecule has 0 fully saturated rings. The third kappa shape index (κ3) is 51.2. The van der Waals surface area contributed by atoms with Crippen LogP contribution >= 0.6 is 0 Å². The van der Waals surface area contributed by atoms with Gasteiger partial charge in [-0.15, -0.1) is 0 Å². The van der Waals surface area contributed by atoms with E-state index in [1.807, 2.05) is 0 Å². The fourth-order valence-electron chi connectivity index (χ4n) is 1.05. The summed E-state index contributed by atoms with van der Waals surface area (Å²) < 4.78 is 0. The molecule has 0 saturated heterocycles. The van der Waals surface area contributed by atoms with Crippen molar-refractivity contribution >= 4 is 34.7 Å². The number of carbonyl (C=O) groups is 6. The van der Waals surface area contributed by atoms with E-state index in [1.54, 1.807) is 0 Å². The Morgan fingerprint density at radius 3 is 0.500 bits per heavy atom. The Morgan fingerprint density at radius 1 is 0.409 bits per heavy atom. The summed E-state index contributed by atoms with van der Waals surface area (Å²) in [7, 11) is 0. The summed E-state index contributed by atoms with van der Waals surface area (Å²) in [6, 6.07) is 0. The Hall–Kier alpha value is -1.36. The number of hydrogen-bond acceptors (Lipinski definition) is 6. The Bertz CT molecular complexity index is 314. The van der Waals surface area contributed by atoms with E-state index in [2.05, 4.69) is 0 Å². The molecular weight excluding hydrogens is 377 g/mol. The second-order valence-electron chi connectivity index (χ2n) is 4.74. The van der Waals surface area contributed by atoms with E-state index in [0.717, 1.165) is 0 Å². The number of hydrogen-bond donors (Lipinski definition) is 0. The molecule has 6 nitrogen and oxygen atoms in total. The van der Waals surface area contributed by atoms with Crippen LogP contribution in [0.25, 0.3) is 0 Å². The molecule has 0 aromatic heterocycles. The molecule has 1 radical (unpaired) electrons. The van der Waals surface area contributed by atoms with Crippen LogP contribution < -0.4 is 0 Å². The quantitative estimate of drug-likeness (QED) is 0.495. The van der Waals surface area contributed by atoms with Gasteiger partial charge in [-0.1, -0.05) is 0 Å². The molecule has 0 aliphatic rings. The average molecular weight is 401 g/mol. The molecular formula is C15H24O6Ru+3. The Kier molecular flexibility index (Phi) is 23.1. The van der Waals surface area contributed by atoms with E-state index in [4.69, 9.17) is 0 Å². The van der Waals surface area contributed by atoms with Crippen molar-refractivity contribution < 1.29 is 48.2 Å². The van der Waals surface area contributed by atoms with Gasteiger partial charge in [-0.25, -0.2) is 0 Å². The van der Waals surface area contributed by atoms with Crippen LogP contribution in [0, 0.1) is 0 Å². The summed E-state index contributed by atoms with van der Waals surface area (Å²) in [5.74, 6) is -0.375. The van der Waals surface area contributed by atoms with E-state index in [0.29, 0.717) is 0 Å². The van der Waals surface area contributed by atoms with Crippen molar-refractivity contribution in [2.75, 3.05) is 0 Å². The van der Waals surface area contributed by atoms with Crippen molar-refractivity contribution in [3.05, 3.63) is 0 Å². The fourth-order valence-corrected chi connectivity index (χ4v) is 1.05. The molecule has 0 amide bonds. The van der Waals surface area contributed by atoms with Crippen LogP contribution in [-0.2, 0) is 48.2 Å². The molecule has 7 heteroatoms. The summed E-state index contributed by atoms with van der Waals surface area (Å²) >= 11 is 0. The SMILES string of the molecule is CC(=O)CC(C)=O.CC(=O)CC(C)=O.CC(=O)CC(C)=O.[Ru+3]. The summed E-state index contributed by atoms with van der Waals surface area (Å²) in [5, 5.41) is 0. The Labute approximate surface area is 144 Å². The molecule has 125 valence electrons. The maximum Gasteiger partial charge on any atom is 3.00 e. The first-order valence-corrected chi connectivity index (χ1v) is 6.35. The molecule has 0 atom stereocenters. The maximum absolute atomic E-state index is 10.0. The van der Waals surface area contributed by atoms with Crippen LogP contribution in [0.15, 0.2) is 0 Å². The normalized spacial score (nSPS) is 7.91. The van der Waals surface area contributed by atoms with Crippen molar-refractivity contribution in [1.82, 2.24) is 0 Å². The summed E-state index contributed by atoms with van der Waals surface area (Å²) in [4.78, 5) is 60.2. The fraction of sp³-hybridized carbons (Fsp3) is 0.600. The third-order valence-electron chi connectivity index (χ3n) is 1.49. The van der Waals surface area contributed by atoms with Crippen LogP contribution in [0.4, 0.5) is 0 Å². The standard InChI is InChI=1S/3C5H8O2.Ru/c3*1-4(6)3-5(2)7;/h3*3H2,1-2H3;/q;;;+3. The Morgan fingerprint density at radius 2 is 0.500 bits per heavy atom. The molecule has 0 saturated carbocycles. The van der Waals surface area contributed by atoms with E-state index in [-0.39, 0.29) is 73.4 Å². The predicted octanol–water partition coefficient (Wildman–Crippen LogP) is 1.66. The van der Waals surface area contributed by atoms with Crippen LogP contribution in [0.3, 0.4) is 0 Å². The molecule has 0 aromatic carbocycles. The van der Waals surface area contributed by atoms with Crippen molar-refractivity contribution in [2.45, 2.75) is 60.8 Å².